The molecule has 0 bridgehead atoms. The molecule has 6 nitrogen and oxygen atoms in total. The molecule has 0 aliphatic carbocycles. The lowest BCUT2D eigenvalue weighted by Crippen LogP contribution is -2.27. The van der Waals surface area contributed by atoms with E-state index in [1.54, 1.807) is 0 Å². The minimum absolute atomic E-state index is 0.0480. The smallest absolute Gasteiger partial charge is 0.227 e. The Morgan fingerprint density at radius 3 is 2.29 bits per heavy atom. The fraction of sp³-hybridized carbons (Fsp3) is 0.733. The third kappa shape index (κ3) is 3.11. The van der Waals surface area contributed by atoms with Crippen LogP contribution in [-0.2, 0) is 0 Å². The Balaban J connectivity index is 1.94. The molecule has 0 saturated carbocycles. The number of aliphatic hydroxyl groups excluding tert-OH is 1. The van der Waals surface area contributed by atoms with Gasteiger partial charge in [0.05, 0.1) is 18.3 Å². The second kappa shape index (κ2) is 6.58. The normalized spacial score (nSPS) is 20.3. The van der Waals surface area contributed by atoms with Crippen LogP contribution in [0.3, 0.4) is 0 Å². The van der Waals surface area contributed by atoms with E-state index in [2.05, 4.69) is 15.1 Å². The van der Waals surface area contributed by atoms with Crippen molar-refractivity contribution in [3.05, 3.63) is 11.8 Å². The van der Waals surface area contributed by atoms with Crippen LogP contribution in [0.2, 0.25) is 0 Å². The van der Waals surface area contributed by atoms with Crippen molar-refractivity contribution in [1.82, 2.24) is 15.3 Å². The van der Waals surface area contributed by atoms with Crippen LogP contribution in [0.25, 0.3) is 0 Å². The maximum atomic E-state index is 9.54. The van der Waals surface area contributed by atoms with Gasteiger partial charge in [0, 0.05) is 32.2 Å². The number of rotatable bonds is 5. The highest BCUT2D eigenvalue weighted by molar-refractivity contribution is 5.47. The third-order valence-corrected chi connectivity index (χ3v) is 4.43. The Morgan fingerprint density at radius 1 is 1.10 bits per heavy atom. The number of aliphatic hydroxyl groups is 1. The second-order valence-corrected chi connectivity index (χ2v) is 5.86. The van der Waals surface area contributed by atoms with Crippen molar-refractivity contribution >= 4 is 11.8 Å². The number of aromatic nitrogens is 2. The molecular weight excluding hydrogens is 266 g/mol. The highest BCUT2D eigenvalue weighted by atomic mass is 16.3. The van der Waals surface area contributed by atoms with Crippen LogP contribution in [0.1, 0.15) is 37.4 Å². The summed E-state index contributed by atoms with van der Waals surface area (Å²) in [6, 6.07) is 1.90. The third-order valence-electron chi connectivity index (χ3n) is 4.43. The predicted molar refractivity (Wildman–Crippen MR) is 83.8 cm³/mol. The first-order valence-corrected chi connectivity index (χ1v) is 7.99. The van der Waals surface area contributed by atoms with Crippen molar-refractivity contribution in [1.29, 1.82) is 0 Å². The number of anilines is 2. The number of likely N-dealkylation sites (N-methyl/N-ethyl adjacent to an activating group) is 1. The molecule has 2 aliphatic rings. The van der Waals surface area contributed by atoms with Crippen molar-refractivity contribution in [2.24, 2.45) is 0 Å². The second-order valence-electron chi connectivity index (χ2n) is 5.86. The Morgan fingerprint density at radius 2 is 1.71 bits per heavy atom. The summed E-state index contributed by atoms with van der Waals surface area (Å²) in [6.07, 6.45) is 4.88. The van der Waals surface area contributed by atoms with Gasteiger partial charge in [-0.15, -0.1) is 0 Å². The van der Waals surface area contributed by atoms with Crippen LogP contribution in [0, 0.1) is 0 Å². The molecule has 0 radical (unpaired) electrons. The van der Waals surface area contributed by atoms with Crippen LogP contribution in [0.5, 0.6) is 0 Å². The predicted octanol–water partition coefficient (Wildman–Crippen LogP) is 0.930. The zero-order chi connectivity index (χ0) is 14.7. The van der Waals surface area contributed by atoms with Gasteiger partial charge in [0.25, 0.3) is 0 Å². The Kier molecular flexibility index (Phi) is 4.55. The SMILES string of the molecule is CNC(CO)c1cc(N2CCCC2)nc(N2CCCC2)n1. The fourth-order valence-corrected chi connectivity index (χ4v) is 3.12. The summed E-state index contributed by atoms with van der Waals surface area (Å²) in [4.78, 5) is 14.1. The molecule has 1 aromatic heterocycles. The van der Waals surface area contributed by atoms with E-state index < -0.39 is 0 Å². The molecule has 0 amide bonds. The van der Waals surface area contributed by atoms with Gasteiger partial charge >= 0.3 is 0 Å². The van der Waals surface area contributed by atoms with E-state index in [0.717, 1.165) is 43.6 Å². The maximum absolute atomic E-state index is 9.54. The summed E-state index contributed by atoms with van der Waals surface area (Å²) in [5.41, 5.74) is 0.888. The average molecular weight is 291 g/mol. The Labute approximate surface area is 126 Å². The van der Waals surface area contributed by atoms with Crippen LogP contribution in [0.4, 0.5) is 11.8 Å². The molecule has 21 heavy (non-hydrogen) atoms. The van der Waals surface area contributed by atoms with Crippen LogP contribution in [0.15, 0.2) is 6.07 Å². The molecule has 6 heteroatoms. The van der Waals surface area contributed by atoms with E-state index in [9.17, 15) is 5.11 Å². The quantitative estimate of drug-likeness (QED) is 0.841. The lowest BCUT2D eigenvalue weighted by Gasteiger charge is -2.23. The van der Waals surface area contributed by atoms with E-state index >= 15 is 0 Å². The topological polar surface area (TPSA) is 64.5 Å². The van der Waals surface area contributed by atoms with E-state index in [1.807, 2.05) is 13.1 Å². The van der Waals surface area contributed by atoms with Crippen LogP contribution < -0.4 is 15.1 Å². The van der Waals surface area contributed by atoms with Gasteiger partial charge in [-0.2, -0.15) is 4.98 Å². The van der Waals surface area contributed by atoms with Gasteiger partial charge in [0.2, 0.25) is 5.95 Å². The van der Waals surface area contributed by atoms with Gasteiger partial charge in [-0.05, 0) is 32.7 Å². The van der Waals surface area contributed by atoms with Gasteiger partial charge in [0.1, 0.15) is 5.82 Å². The molecule has 2 N–H and O–H groups in total. The molecule has 0 spiro atoms. The summed E-state index contributed by atoms with van der Waals surface area (Å²) in [5.74, 6) is 1.83. The standard InChI is InChI=1S/C15H25N5O/c1-16-13(11-21)12-10-14(19-6-2-3-7-19)18-15(17-12)20-8-4-5-9-20/h10,13,16,21H,2-9,11H2,1H3. The monoisotopic (exact) mass is 291 g/mol. The molecule has 2 aliphatic heterocycles. The van der Waals surface area contributed by atoms with Gasteiger partial charge in [-0.1, -0.05) is 0 Å². The number of hydrogen-bond acceptors (Lipinski definition) is 6. The zero-order valence-corrected chi connectivity index (χ0v) is 12.8. The lowest BCUT2D eigenvalue weighted by atomic mass is 10.2. The summed E-state index contributed by atoms with van der Waals surface area (Å²) in [7, 11) is 1.86. The van der Waals surface area contributed by atoms with E-state index in [0.29, 0.717) is 0 Å². The maximum Gasteiger partial charge on any atom is 0.227 e. The van der Waals surface area contributed by atoms with Gasteiger partial charge in [0.15, 0.2) is 0 Å². The Hall–Kier alpha value is -1.40. The van der Waals surface area contributed by atoms with Gasteiger partial charge < -0.3 is 20.2 Å². The molecule has 1 aromatic rings. The molecular formula is C15H25N5O. The van der Waals surface area contributed by atoms with Crippen molar-refractivity contribution in [2.45, 2.75) is 31.7 Å². The minimum Gasteiger partial charge on any atom is -0.394 e. The fourth-order valence-electron chi connectivity index (χ4n) is 3.12. The van der Waals surface area contributed by atoms with Crippen molar-refractivity contribution < 1.29 is 5.11 Å². The molecule has 2 fully saturated rings. The van der Waals surface area contributed by atoms with Gasteiger partial charge in [-0.25, -0.2) is 4.98 Å². The summed E-state index contributed by atoms with van der Waals surface area (Å²) in [6.45, 7) is 4.25. The van der Waals surface area contributed by atoms with Crippen molar-refractivity contribution in [2.75, 3.05) is 49.6 Å². The molecule has 1 atom stereocenters. The van der Waals surface area contributed by atoms with E-state index in [-0.39, 0.29) is 12.6 Å². The van der Waals surface area contributed by atoms with Crippen LogP contribution in [-0.4, -0.2) is 54.9 Å². The first kappa shape index (κ1) is 14.5. The average Bonchev–Trinajstić information content (AvgIpc) is 3.22. The van der Waals surface area contributed by atoms with Crippen LogP contribution >= 0.6 is 0 Å². The van der Waals surface area contributed by atoms with Crippen molar-refractivity contribution in [3.8, 4) is 0 Å². The van der Waals surface area contributed by atoms with Gasteiger partial charge in [-0.3, -0.25) is 0 Å². The molecule has 0 aromatic carbocycles. The number of nitrogens with one attached hydrogen (secondary N) is 1. The molecule has 116 valence electrons. The van der Waals surface area contributed by atoms with E-state index in [4.69, 9.17) is 9.97 Å². The largest absolute Gasteiger partial charge is 0.394 e. The number of nitrogens with zero attached hydrogens (tertiary/aromatic N) is 4. The highest BCUT2D eigenvalue weighted by Gasteiger charge is 2.22. The molecule has 2 saturated heterocycles. The Bertz CT molecular complexity index is 401. The highest BCUT2D eigenvalue weighted by Crippen LogP contribution is 2.25. The molecule has 3 rings (SSSR count). The zero-order valence-electron chi connectivity index (χ0n) is 12.8. The summed E-state index contributed by atoms with van der Waals surface area (Å²) < 4.78 is 0. The lowest BCUT2D eigenvalue weighted by molar-refractivity contribution is 0.248. The summed E-state index contributed by atoms with van der Waals surface area (Å²) in [5, 5.41) is 12.7. The van der Waals surface area contributed by atoms with E-state index in [1.165, 1.54) is 25.7 Å². The van der Waals surface area contributed by atoms with Crippen molar-refractivity contribution in [3.63, 3.8) is 0 Å². The molecule has 3 heterocycles. The summed E-state index contributed by atoms with van der Waals surface area (Å²) >= 11 is 0. The first-order chi connectivity index (χ1) is 10.3. The minimum atomic E-state index is -0.129. The number of hydrogen-bond donors (Lipinski definition) is 2. The first-order valence-electron chi connectivity index (χ1n) is 7.99. The molecule has 1 unspecified atom stereocenters.